The number of rotatable bonds is 5. The first-order valence-corrected chi connectivity index (χ1v) is 11.4. The molecule has 3 fully saturated rings. The van der Waals surface area contributed by atoms with Gasteiger partial charge in [0.25, 0.3) is 5.91 Å². The van der Waals surface area contributed by atoms with Crippen LogP contribution in [-0.4, -0.2) is 89.3 Å². The van der Waals surface area contributed by atoms with Crippen LogP contribution in [0, 0.1) is 0 Å². The van der Waals surface area contributed by atoms with E-state index in [1.165, 1.54) is 4.90 Å². The lowest BCUT2D eigenvalue weighted by atomic mass is 10.0. The number of carbonyl (C=O) groups is 3. The molecule has 2 N–H and O–H groups in total. The summed E-state index contributed by atoms with van der Waals surface area (Å²) in [5, 5.41) is 0.579. The molecule has 14 heteroatoms. The smallest absolute Gasteiger partial charge is 0.418 e. The summed E-state index contributed by atoms with van der Waals surface area (Å²) in [6.45, 7) is 6.33. The number of carbonyl (C=O) groups excluding carboxylic acids is 3. The number of hydroxylamine groups is 3. The van der Waals surface area contributed by atoms with Gasteiger partial charge in [-0.05, 0) is 46.5 Å². The Balaban J connectivity index is 1.46. The van der Waals surface area contributed by atoms with Gasteiger partial charge in [0.15, 0.2) is 0 Å². The summed E-state index contributed by atoms with van der Waals surface area (Å²) >= 11 is 0. The first kappa shape index (κ1) is 23.5. The first-order valence-electron chi connectivity index (χ1n) is 10.0. The number of hydrogen-bond acceptors (Lipinski definition) is 8. The molecule has 31 heavy (non-hydrogen) atoms. The van der Waals surface area contributed by atoms with Gasteiger partial charge in [-0.15, -0.1) is 4.28 Å². The number of nitrogens with zero attached hydrogens (tertiary/aromatic N) is 3. The van der Waals surface area contributed by atoms with Gasteiger partial charge in [0.2, 0.25) is 0 Å². The second kappa shape index (κ2) is 8.76. The Labute approximate surface area is 180 Å². The lowest BCUT2D eigenvalue weighted by Crippen LogP contribution is -2.51. The van der Waals surface area contributed by atoms with Crippen molar-refractivity contribution in [2.45, 2.75) is 70.2 Å². The summed E-state index contributed by atoms with van der Waals surface area (Å²) in [6.07, 6.45) is 0.928. The molecule has 3 aliphatic rings. The summed E-state index contributed by atoms with van der Waals surface area (Å²) in [6, 6.07) is -2.23. The Morgan fingerprint density at radius 1 is 1.13 bits per heavy atom. The Morgan fingerprint density at radius 2 is 1.77 bits per heavy atom. The molecule has 0 aromatic carbocycles. The van der Waals surface area contributed by atoms with E-state index < -0.39 is 46.1 Å². The maximum absolute atomic E-state index is 12.6. The molecule has 13 nitrogen and oxygen atoms in total. The summed E-state index contributed by atoms with van der Waals surface area (Å²) in [5.41, 5.74) is 1.80. The van der Waals surface area contributed by atoms with Crippen LogP contribution in [0.25, 0.3) is 0 Å². The molecule has 3 saturated heterocycles. The minimum absolute atomic E-state index is 0.0979. The fourth-order valence-electron chi connectivity index (χ4n) is 3.80. The Kier molecular flexibility index (Phi) is 6.64. The number of nitrogens with one attached hydrogen (secondary N) is 1. The second-order valence-corrected chi connectivity index (χ2v) is 9.77. The number of ether oxygens (including phenoxy) is 1. The van der Waals surface area contributed by atoms with E-state index in [1.54, 1.807) is 25.7 Å². The average molecular weight is 464 g/mol. The van der Waals surface area contributed by atoms with Crippen LogP contribution in [-0.2, 0) is 29.1 Å². The minimum atomic E-state index is -4.85. The molecule has 176 valence electrons. The predicted molar refractivity (Wildman–Crippen MR) is 103 cm³/mol. The molecule has 0 radical (unpaired) electrons. The largest absolute Gasteiger partial charge is 0.444 e. The van der Waals surface area contributed by atoms with Crippen LogP contribution >= 0.6 is 0 Å². The highest BCUT2D eigenvalue weighted by Crippen LogP contribution is 2.30. The number of amides is 4. The van der Waals surface area contributed by atoms with E-state index in [9.17, 15) is 22.8 Å². The third-order valence-corrected chi connectivity index (χ3v) is 5.57. The van der Waals surface area contributed by atoms with Gasteiger partial charge in [-0.3, -0.25) is 14.2 Å². The minimum Gasteiger partial charge on any atom is -0.444 e. The van der Waals surface area contributed by atoms with Gasteiger partial charge in [0.1, 0.15) is 11.6 Å². The van der Waals surface area contributed by atoms with Crippen LogP contribution in [0.1, 0.15) is 46.5 Å². The monoisotopic (exact) mass is 464 g/mol. The quantitative estimate of drug-likeness (QED) is 0.435. The standard InChI is InChI=1S/C17H28N4O9S/c1-17(2,3)28-16(24)19-8-6-12(7-9-19)29-18-14(22)13-5-4-11-10-20(13)15(23)21(11)30-31(25,26)27/h11-13H,4-10H2,1-3H3,(H,18,22)(H,25,26,27)/t11?,13-/m0/s1. The molecule has 1 unspecified atom stereocenters. The molecule has 0 aromatic heterocycles. The van der Waals surface area contributed by atoms with Crippen molar-refractivity contribution in [1.29, 1.82) is 0 Å². The fourth-order valence-corrected chi connectivity index (χ4v) is 4.18. The third-order valence-electron chi connectivity index (χ3n) is 5.22. The number of likely N-dealkylation sites (tertiary alicyclic amines) is 1. The average Bonchev–Trinajstić information content (AvgIpc) is 2.89. The highest BCUT2D eigenvalue weighted by atomic mass is 32.3. The van der Waals surface area contributed by atoms with E-state index in [2.05, 4.69) is 9.76 Å². The third kappa shape index (κ3) is 5.96. The van der Waals surface area contributed by atoms with Crippen molar-refractivity contribution in [3.63, 3.8) is 0 Å². The number of fused-ring (bicyclic) bond motifs is 2. The van der Waals surface area contributed by atoms with Crippen LogP contribution < -0.4 is 5.48 Å². The number of urea groups is 1. The molecule has 0 saturated carbocycles. The van der Waals surface area contributed by atoms with Crippen molar-refractivity contribution >= 4 is 28.4 Å². The van der Waals surface area contributed by atoms with Crippen LogP contribution in [0.2, 0.25) is 0 Å². The van der Waals surface area contributed by atoms with Crippen molar-refractivity contribution in [3.05, 3.63) is 0 Å². The zero-order valence-electron chi connectivity index (χ0n) is 17.6. The molecule has 3 aliphatic heterocycles. The zero-order chi connectivity index (χ0) is 23.0. The second-order valence-electron chi connectivity index (χ2n) is 8.76. The molecule has 3 heterocycles. The molecule has 0 aromatic rings. The van der Waals surface area contributed by atoms with Crippen molar-refractivity contribution in [2.24, 2.45) is 0 Å². The summed E-state index contributed by atoms with van der Waals surface area (Å²) in [7, 11) is -4.85. The van der Waals surface area contributed by atoms with Crippen molar-refractivity contribution in [1.82, 2.24) is 20.3 Å². The van der Waals surface area contributed by atoms with Crippen molar-refractivity contribution in [3.8, 4) is 0 Å². The molecule has 2 atom stereocenters. The van der Waals surface area contributed by atoms with Gasteiger partial charge < -0.3 is 14.5 Å². The van der Waals surface area contributed by atoms with Crippen LogP contribution in [0.5, 0.6) is 0 Å². The van der Waals surface area contributed by atoms with Crippen molar-refractivity contribution in [2.75, 3.05) is 19.6 Å². The van der Waals surface area contributed by atoms with Gasteiger partial charge >= 0.3 is 22.5 Å². The molecular formula is C17H28N4O9S. The Hall–Kier alpha value is -2.16. The van der Waals surface area contributed by atoms with E-state index in [0.29, 0.717) is 37.4 Å². The fraction of sp³-hybridized carbons (Fsp3) is 0.824. The number of piperidine rings is 2. The Morgan fingerprint density at radius 3 is 2.35 bits per heavy atom. The van der Waals surface area contributed by atoms with Gasteiger partial charge in [-0.1, -0.05) is 0 Å². The molecule has 3 rings (SSSR count). The number of hydrogen-bond donors (Lipinski definition) is 2. The van der Waals surface area contributed by atoms with Crippen molar-refractivity contribution < 1.29 is 41.2 Å². The molecule has 2 bridgehead atoms. The van der Waals surface area contributed by atoms with E-state index in [1.807, 2.05) is 0 Å². The molecule has 4 amide bonds. The predicted octanol–water partition coefficient (Wildman–Crippen LogP) is 0.437. The van der Waals surface area contributed by atoms with Crippen LogP contribution in [0.15, 0.2) is 0 Å². The SMILES string of the molecule is CC(C)(C)OC(=O)N1CCC(ONC(=O)[C@@H]2CCC3CN2C(=O)N3OS(=O)(=O)O)CC1. The molecular weight excluding hydrogens is 436 g/mol. The van der Waals surface area contributed by atoms with E-state index in [-0.39, 0.29) is 19.1 Å². The maximum Gasteiger partial charge on any atom is 0.418 e. The highest BCUT2D eigenvalue weighted by Gasteiger charge is 2.49. The summed E-state index contributed by atoms with van der Waals surface area (Å²) in [4.78, 5) is 45.3. The van der Waals surface area contributed by atoms with Crippen LogP contribution in [0.4, 0.5) is 9.59 Å². The highest BCUT2D eigenvalue weighted by molar-refractivity contribution is 7.80. The summed E-state index contributed by atoms with van der Waals surface area (Å²) < 4.78 is 40.4. The lowest BCUT2D eigenvalue weighted by molar-refractivity contribution is -0.146. The van der Waals surface area contributed by atoms with Gasteiger partial charge in [-0.2, -0.15) is 13.5 Å². The summed E-state index contributed by atoms with van der Waals surface area (Å²) in [5.74, 6) is -0.532. The topological polar surface area (TPSA) is 155 Å². The maximum atomic E-state index is 12.6. The van der Waals surface area contributed by atoms with Gasteiger partial charge in [-0.25, -0.2) is 15.1 Å². The zero-order valence-corrected chi connectivity index (χ0v) is 18.5. The molecule has 0 spiro atoms. The lowest BCUT2D eigenvalue weighted by Gasteiger charge is -2.33. The first-order chi connectivity index (χ1) is 14.3. The van der Waals surface area contributed by atoms with Gasteiger partial charge in [0.05, 0.1) is 12.1 Å². The molecule has 0 aliphatic carbocycles. The van der Waals surface area contributed by atoms with Crippen LogP contribution in [0.3, 0.4) is 0 Å². The Bertz CT molecular complexity index is 820. The van der Waals surface area contributed by atoms with Gasteiger partial charge in [0, 0.05) is 19.6 Å². The normalized spacial score (nSPS) is 25.0. The van der Waals surface area contributed by atoms with E-state index >= 15 is 0 Å². The van der Waals surface area contributed by atoms with E-state index in [4.69, 9.17) is 14.1 Å². The van der Waals surface area contributed by atoms with E-state index in [0.717, 1.165) is 0 Å².